The zero-order valence-corrected chi connectivity index (χ0v) is 10.6. The average Bonchev–Trinajstić information content (AvgIpc) is 2.65. The number of carbonyl (C=O) groups excluding carboxylic acids is 1. The predicted molar refractivity (Wildman–Crippen MR) is 65.8 cm³/mol. The second kappa shape index (κ2) is 6.85. The fraction of sp³-hybridized carbons (Fsp3) is 0.500. The lowest BCUT2D eigenvalue weighted by molar-refractivity contribution is -0.126. The molecule has 0 aliphatic heterocycles. The monoisotopic (exact) mass is 262 g/mol. The molecule has 0 radical (unpaired) electrons. The molecule has 0 bridgehead atoms. The van der Waals surface area contributed by atoms with E-state index in [1.165, 1.54) is 11.3 Å². The normalized spacial score (nSPS) is 12.4. The fourth-order valence-electron chi connectivity index (χ4n) is 1.16. The molecule has 1 aromatic rings. The van der Waals surface area contributed by atoms with Crippen molar-refractivity contribution in [2.45, 2.75) is 13.0 Å². The highest BCUT2D eigenvalue weighted by molar-refractivity contribution is 7.16. The van der Waals surface area contributed by atoms with Crippen LogP contribution in [0.5, 0.6) is 0 Å². The van der Waals surface area contributed by atoms with E-state index in [0.717, 1.165) is 9.21 Å². The van der Waals surface area contributed by atoms with Crippen LogP contribution in [0.15, 0.2) is 12.1 Å². The molecule has 16 heavy (non-hydrogen) atoms. The molecule has 0 aromatic carbocycles. The summed E-state index contributed by atoms with van der Waals surface area (Å²) in [6.45, 7) is 2.76. The van der Waals surface area contributed by atoms with E-state index < -0.39 is 0 Å². The minimum Gasteiger partial charge on any atom is -0.370 e. The summed E-state index contributed by atoms with van der Waals surface area (Å²) in [5.74, 6) is -0.148. The van der Waals surface area contributed by atoms with E-state index >= 15 is 0 Å². The van der Waals surface area contributed by atoms with E-state index in [-0.39, 0.29) is 18.6 Å². The van der Waals surface area contributed by atoms with Crippen LogP contribution in [-0.4, -0.2) is 25.7 Å². The molecule has 1 atom stereocenters. The van der Waals surface area contributed by atoms with Crippen LogP contribution in [0, 0.1) is 0 Å². The molecule has 1 aromatic heterocycles. The number of halogens is 1. The summed E-state index contributed by atoms with van der Waals surface area (Å²) in [6.07, 6.45) is 0. The number of amides is 1. The first kappa shape index (κ1) is 13.4. The van der Waals surface area contributed by atoms with Crippen LogP contribution in [-0.2, 0) is 9.53 Å². The largest absolute Gasteiger partial charge is 0.370 e. The molecule has 90 valence electrons. The van der Waals surface area contributed by atoms with Gasteiger partial charge in [0.2, 0.25) is 5.91 Å². The van der Waals surface area contributed by atoms with Crippen LogP contribution in [0.1, 0.15) is 17.8 Å². The summed E-state index contributed by atoms with van der Waals surface area (Å²) >= 11 is 7.27. The van der Waals surface area contributed by atoms with Gasteiger partial charge in [0, 0.05) is 11.4 Å². The molecule has 3 N–H and O–H groups in total. The third-order valence-corrected chi connectivity index (χ3v) is 3.31. The van der Waals surface area contributed by atoms with Crippen molar-refractivity contribution in [3.05, 3.63) is 21.3 Å². The zero-order chi connectivity index (χ0) is 12.0. The maximum absolute atomic E-state index is 11.4. The van der Waals surface area contributed by atoms with E-state index in [0.29, 0.717) is 13.2 Å². The van der Waals surface area contributed by atoms with Crippen LogP contribution in [0.2, 0.25) is 4.34 Å². The molecule has 1 unspecified atom stereocenters. The molecule has 0 saturated carbocycles. The molecule has 0 aliphatic carbocycles. The Labute approximate surface area is 104 Å². The second-order valence-electron chi connectivity index (χ2n) is 3.27. The van der Waals surface area contributed by atoms with Crippen molar-refractivity contribution in [3.63, 3.8) is 0 Å². The number of rotatable bonds is 6. The molecule has 1 rings (SSSR count). The molecule has 6 heteroatoms. The Bertz CT molecular complexity index is 343. The fourth-order valence-corrected chi connectivity index (χ4v) is 2.23. The van der Waals surface area contributed by atoms with Gasteiger partial charge in [-0.15, -0.1) is 11.3 Å². The predicted octanol–water partition coefficient (Wildman–Crippen LogP) is 1.55. The second-order valence-corrected chi connectivity index (χ2v) is 5.02. The van der Waals surface area contributed by atoms with Crippen molar-refractivity contribution >= 4 is 28.8 Å². The number of carbonyl (C=O) groups is 1. The number of thiophene rings is 1. The van der Waals surface area contributed by atoms with Crippen molar-refractivity contribution in [1.82, 2.24) is 5.32 Å². The number of hydrogen-bond donors (Lipinski definition) is 2. The zero-order valence-electron chi connectivity index (χ0n) is 9.03. The molecule has 4 nitrogen and oxygen atoms in total. The highest BCUT2D eigenvalue weighted by atomic mass is 35.5. The Hall–Kier alpha value is -0.620. The lowest BCUT2D eigenvalue weighted by Crippen LogP contribution is -2.30. The van der Waals surface area contributed by atoms with Gasteiger partial charge in [-0.25, -0.2) is 0 Å². The van der Waals surface area contributed by atoms with Gasteiger partial charge >= 0.3 is 0 Å². The maximum atomic E-state index is 11.4. The van der Waals surface area contributed by atoms with Crippen molar-refractivity contribution in [3.8, 4) is 0 Å². The summed E-state index contributed by atoms with van der Waals surface area (Å²) in [7, 11) is 0. The third kappa shape index (κ3) is 4.49. The molecular weight excluding hydrogens is 248 g/mol. The van der Waals surface area contributed by atoms with Crippen LogP contribution < -0.4 is 11.1 Å². The van der Waals surface area contributed by atoms with E-state index in [2.05, 4.69) is 5.32 Å². The lowest BCUT2D eigenvalue weighted by atomic mass is 10.3. The van der Waals surface area contributed by atoms with Gasteiger partial charge in [-0.1, -0.05) is 11.6 Å². The molecule has 0 fully saturated rings. The van der Waals surface area contributed by atoms with Gasteiger partial charge in [0.25, 0.3) is 0 Å². The van der Waals surface area contributed by atoms with Crippen molar-refractivity contribution in [2.75, 3.05) is 19.8 Å². The lowest BCUT2D eigenvalue weighted by Gasteiger charge is -2.11. The van der Waals surface area contributed by atoms with E-state index in [9.17, 15) is 4.79 Å². The number of nitrogens with one attached hydrogen (secondary N) is 1. The Kier molecular flexibility index (Phi) is 5.76. The van der Waals surface area contributed by atoms with Crippen LogP contribution in [0.3, 0.4) is 0 Å². The molecule has 0 spiro atoms. The Morgan fingerprint density at radius 1 is 1.69 bits per heavy atom. The third-order valence-electron chi connectivity index (χ3n) is 1.89. The number of ether oxygens (including phenoxy) is 1. The molecule has 0 saturated heterocycles. The summed E-state index contributed by atoms with van der Waals surface area (Å²) in [5.41, 5.74) is 5.24. The summed E-state index contributed by atoms with van der Waals surface area (Å²) < 4.78 is 5.74. The minimum atomic E-state index is -0.148. The summed E-state index contributed by atoms with van der Waals surface area (Å²) in [6, 6.07) is 3.67. The van der Waals surface area contributed by atoms with E-state index in [1.807, 2.05) is 19.1 Å². The highest BCUT2D eigenvalue weighted by Gasteiger charge is 2.11. The van der Waals surface area contributed by atoms with Gasteiger partial charge in [0.1, 0.15) is 6.61 Å². The molecule has 1 amide bonds. The van der Waals surface area contributed by atoms with Crippen LogP contribution in [0.4, 0.5) is 0 Å². The molecule has 0 aliphatic rings. The number of nitrogens with two attached hydrogens (primary N) is 1. The topological polar surface area (TPSA) is 64.3 Å². The van der Waals surface area contributed by atoms with Gasteiger partial charge in [0.15, 0.2) is 0 Å². The minimum absolute atomic E-state index is 0.0423. The van der Waals surface area contributed by atoms with Gasteiger partial charge in [-0.3, -0.25) is 4.79 Å². The average molecular weight is 263 g/mol. The quantitative estimate of drug-likeness (QED) is 0.765. The summed E-state index contributed by atoms with van der Waals surface area (Å²) in [5, 5.41) is 2.82. The van der Waals surface area contributed by atoms with Crippen molar-refractivity contribution < 1.29 is 9.53 Å². The van der Waals surface area contributed by atoms with E-state index in [4.69, 9.17) is 22.1 Å². The Morgan fingerprint density at radius 3 is 3.00 bits per heavy atom. The van der Waals surface area contributed by atoms with Crippen molar-refractivity contribution in [1.29, 1.82) is 0 Å². The Morgan fingerprint density at radius 2 is 2.44 bits per heavy atom. The first-order valence-corrected chi connectivity index (χ1v) is 6.15. The molecule has 1 heterocycles. The van der Waals surface area contributed by atoms with E-state index in [1.54, 1.807) is 0 Å². The van der Waals surface area contributed by atoms with Crippen molar-refractivity contribution in [2.24, 2.45) is 5.73 Å². The van der Waals surface area contributed by atoms with Gasteiger partial charge in [-0.2, -0.15) is 0 Å². The van der Waals surface area contributed by atoms with Gasteiger partial charge < -0.3 is 15.8 Å². The Balaban J connectivity index is 2.33. The first-order valence-electron chi connectivity index (χ1n) is 4.96. The van der Waals surface area contributed by atoms with Crippen LogP contribution in [0.25, 0.3) is 0 Å². The summed E-state index contributed by atoms with van der Waals surface area (Å²) in [4.78, 5) is 12.4. The highest BCUT2D eigenvalue weighted by Crippen LogP contribution is 2.26. The van der Waals surface area contributed by atoms with Crippen LogP contribution >= 0.6 is 22.9 Å². The molecular formula is C10H15ClN2O2S. The van der Waals surface area contributed by atoms with Gasteiger partial charge in [0.05, 0.1) is 17.0 Å². The van der Waals surface area contributed by atoms with Gasteiger partial charge in [-0.05, 0) is 19.1 Å². The smallest absolute Gasteiger partial charge is 0.246 e. The number of hydrogen-bond acceptors (Lipinski definition) is 4. The first-order chi connectivity index (χ1) is 7.63. The standard InChI is InChI=1S/C10H15ClN2O2S/c1-7(8-2-3-9(11)16-8)13-10(14)6-15-5-4-12/h2-3,7H,4-6,12H2,1H3,(H,13,14). The maximum Gasteiger partial charge on any atom is 0.246 e. The SMILES string of the molecule is CC(NC(=O)COCCN)c1ccc(Cl)s1.